The van der Waals surface area contributed by atoms with Crippen molar-refractivity contribution in [2.45, 2.75) is 30.8 Å². The van der Waals surface area contributed by atoms with Crippen LogP contribution in [0.2, 0.25) is 0 Å². The molecule has 0 aromatic heterocycles. The number of hydrogen-bond donors (Lipinski definition) is 2. The molecular formula is C12H17FN2O4S. The largest absolute Gasteiger partial charge is 0.382 e. The number of nitrogens with two attached hydrogens (primary N) is 1. The van der Waals surface area contributed by atoms with E-state index in [0.717, 1.165) is 18.2 Å². The maximum Gasteiger partial charge on any atom is 0.240 e. The first-order valence-corrected chi connectivity index (χ1v) is 7.43. The molecule has 8 heteroatoms. The van der Waals surface area contributed by atoms with Crippen LogP contribution >= 0.6 is 0 Å². The lowest BCUT2D eigenvalue weighted by atomic mass is 10.2. The highest BCUT2D eigenvalue weighted by molar-refractivity contribution is 7.89. The van der Waals surface area contributed by atoms with E-state index >= 15 is 0 Å². The minimum absolute atomic E-state index is 0.106. The van der Waals surface area contributed by atoms with Gasteiger partial charge in [-0.3, -0.25) is 4.79 Å². The van der Waals surface area contributed by atoms with Crippen LogP contribution in [0.15, 0.2) is 23.1 Å². The average molecular weight is 304 g/mol. The Balaban J connectivity index is 2.86. The number of anilines is 1. The molecule has 20 heavy (non-hydrogen) atoms. The number of benzene rings is 1. The van der Waals surface area contributed by atoms with Crippen LogP contribution in [0.3, 0.4) is 0 Å². The normalized spacial score (nSPS) is 13.0. The Kier molecular flexibility index (Phi) is 5.61. The number of nitrogens with one attached hydrogen (secondary N) is 1. The quantitative estimate of drug-likeness (QED) is 0.825. The first-order chi connectivity index (χ1) is 9.24. The highest BCUT2D eigenvalue weighted by Gasteiger charge is 2.17. The number of carbonyl (C=O) groups is 1. The highest BCUT2D eigenvalue weighted by atomic mass is 32.2. The lowest BCUT2D eigenvalue weighted by Gasteiger charge is -2.11. The summed E-state index contributed by atoms with van der Waals surface area (Å²) in [4.78, 5) is 11.4. The van der Waals surface area contributed by atoms with Gasteiger partial charge in [-0.2, -0.15) is 0 Å². The standard InChI is InChI=1S/C12H17FN2O4S/c1-8(19-2)3-6-12(16)15-10-7-9(13)4-5-11(10)20(14,17)18/h4-5,7-8H,3,6H2,1-2H3,(H,15,16)(H2,14,17,18). The van der Waals surface area contributed by atoms with Gasteiger partial charge < -0.3 is 10.1 Å². The molecule has 0 radical (unpaired) electrons. The summed E-state index contributed by atoms with van der Waals surface area (Å²) in [7, 11) is -2.52. The number of hydrogen-bond acceptors (Lipinski definition) is 4. The SMILES string of the molecule is COC(C)CCC(=O)Nc1cc(F)ccc1S(N)(=O)=O. The molecule has 6 nitrogen and oxygen atoms in total. The summed E-state index contributed by atoms with van der Waals surface area (Å²) in [5, 5.41) is 7.35. The van der Waals surface area contributed by atoms with E-state index in [1.807, 2.05) is 0 Å². The molecule has 0 heterocycles. The van der Waals surface area contributed by atoms with Gasteiger partial charge in [-0.15, -0.1) is 0 Å². The second-order valence-corrected chi connectivity index (χ2v) is 5.85. The molecule has 3 N–H and O–H groups in total. The first-order valence-electron chi connectivity index (χ1n) is 5.89. The smallest absolute Gasteiger partial charge is 0.240 e. The van der Waals surface area contributed by atoms with Crippen LogP contribution in [0, 0.1) is 5.82 Å². The summed E-state index contributed by atoms with van der Waals surface area (Å²) >= 11 is 0. The topological polar surface area (TPSA) is 98.5 Å². The zero-order valence-electron chi connectivity index (χ0n) is 11.2. The number of primary sulfonamides is 1. The molecule has 0 saturated carbocycles. The molecule has 1 amide bonds. The number of methoxy groups -OCH3 is 1. The Hall–Kier alpha value is -1.51. The molecule has 0 aliphatic carbocycles. The van der Waals surface area contributed by atoms with Crippen molar-refractivity contribution in [2.75, 3.05) is 12.4 Å². The molecular weight excluding hydrogens is 287 g/mol. The maximum absolute atomic E-state index is 13.1. The van der Waals surface area contributed by atoms with Crippen LogP contribution in [0.4, 0.5) is 10.1 Å². The Morgan fingerprint density at radius 1 is 1.50 bits per heavy atom. The molecule has 1 rings (SSSR count). The summed E-state index contributed by atoms with van der Waals surface area (Å²) in [6.07, 6.45) is 0.476. The second kappa shape index (κ2) is 6.78. The Bertz CT molecular complexity index is 589. The number of rotatable bonds is 6. The summed E-state index contributed by atoms with van der Waals surface area (Å²) < 4.78 is 40.8. The molecule has 0 bridgehead atoms. The van der Waals surface area contributed by atoms with Crippen molar-refractivity contribution in [3.05, 3.63) is 24.0 Å². The molecule has 0 spiro atoms. The Labute approximate surface area is 117 Å². The molecule has 0 aliphatic rings. The third-order valence-corrected chi connectivity index (χ3v) is 3.67. The van der Waals surface area contributed by atoms with E-state index in [4.69, 9.17) is 9.88 Å². The minimum atomic E-state index is -4.04. The summed E-state index contributed by atoms with van der Waals surface area (Å²) in [5.74, 6) is -1.11. The summed E-state index contributed by atoms with van der Waals surface area (Å²) in [5.41, 5.74) is -0.164. The zero-order valence-corrected chi connectivity index (χ0v) is 12.0. The van der Waals surface area contributed by atoms with Crippen LogP contribution in [0.25, 0.3) is 0 Å². The minimum Gasteiger partial charge on any atom is -0.382 e. The number of ether oxygens (including phenoxy) is 1. The van der Waals surface area contributed by atoms with Gasteiger partial charge in [0.05, 0.1) is 11.8 Å². The van der Waals surface area contributed by atoms with Crippen LogP contribution in [0.5, 0.6) is 0 Å². The molecule has 0 fully saturated rings. The molecule has 0 aliphatic heterocycles. The van der Waals surface area contributed by atoms with Crippen molar-refractivity contribution >= 4 is 21.6 Å². The van der Waals surface area contributed by atoms with E-state index in [1.54, 1.807) is 6.92 Å². The van der Waals surface area contributed by atoms with Gasteiger partial charge in [0, 0.05) is 13.5 Å². The predicted octanol–water partition coefficient (Wildman–Crippen LogP) is 1.23. The first kappa shape index (κ1) is 16.5. The summed E-state index contributed by atoms with van der Waals surface area (Å²) in [6.45, 7) is 1.80. The van der Waals surface area contributed by atoms with Crippen LogP contribution < -0.4 is 10.5 Å². The molecule has 1 aromatic rings. The van der Waals surface area contributed by atoms with Crippen LogP contribution in [0.1, 0.15) is 19.8 Å². The van der Waals surface area contributed by atoms with Gasteiger partial charge in [0.2, 0.25) is 15.9 Å². The fraction of sp³-hybridized carbons (Fsp3) is 0.417. The van der Waals surface area contributed by atoms with Crippen molar-refractivity contribution < 1.29 is 22.3 Å². The maximum atomic E-state index is 13.1. The molecule has 1 atom stereocenters. The van der Waals surface area contributed by atoms with Gasteiger partial charge in [-0.1, -0.05) is 0 Å². The molecule has 1 aromatic carbocycles. The number of sulfonamides is 1. The van der Waals surface area contributed by atoms with E-state index in [9.17, 15) is 17.6 Å². The van der Waals surface area contributed by atoms with Crippen molar-refractivity contribution in [1.29, 1.82) is 0 Å². The fourth-order valence-corrected chi connectivity index (χ4v) is 2.19. The van der Waals surface area contributed by atoms with Gasteiger partial charge in [0.25, 0.3) is 0 Å². The lowest BCUT2D eigenvalue weighted by molar-refractivity contribution is -0.116. The van der Waals surface area contributed by atoms with E-state index in [1.165, 1.54) is 7.11 Å². The lowest BCUT2D eigenvalue weighted by Crippen LogP contribution is -2.19. The van der Waals surface area contributed by atoms with E-state index in [0.29, 0.717) is 6.42 Å². The monoisotopic (exact) mass is 304 g/mol. The van der Waals surface area contributed by atoms with Gasteiger partial charge in [-0.05, 0) is 31.5 Å². The Morgan fingerprint density at radius 3 is 2.70 bits per heavy atom. The van der Waals surface area contributed by atoms with Gasteiger partial charge >= 0.3 is 0 Å². The van der Waals surface area contributed by atoms with Crippen molar-refractivity contribution in [2.24, 2.45) is 5.14 Å². The van der Waals surface area contributed by atoms with Crippen molar-refractivity contribution in [3.63, 3.8) is 0 Å². The van der Waals surface area contributed by atoms with E-state index in [-0.39, 0.29) is 23.1 Å². The number of carbonyl (C=O) groups excluding carboxylic acids is 1. The predicted molar refractivity (Wildman–Crippen MR) is 72.1 cm³/mol. The summed E-state index contributed by atoms with van der Waals surface area (Å²) in [6, 6.07) is 2.89. The van der Waals surface area contributed by atoms with Gasteiger partial charge in [-0.25, -0.2) is 17.9 Å². The zero-order chi connectivity index (χ0) is 15.3. The molecule has 0 saturated heterocycles. The molecule has 112 valence electrons. The third-order valence-electron chi connectivity index (χ3n) is 2.70. The average Bonchev–Trinajstić information content (AvgIpc) is 2.34. The van der Waals surface area contributed by atoms with Crippen LogP contribution in [-0.2, 0) is 19.6 Å². The number of amides is 1. The highest BCUT2D eigenvalue weighted by Crippen LogP contribution is 2.21. The van der Waals surface area contributed by atoms with Gasteiger partial charge in [0.1, 0.15) is 10.7 Å². The van der Waals surface area contributed by atoms with Crippen molar-refractivity contribution in [1.82, 2.24) is 0 Å². The van der Waals surface area contributed by atoms with Crippen molar-refractivity contribution in [3.8, 4) is 0 Å². The fourth-order valence-electron chi connectivity index (χ4n) is 1.51. The van der Waals surface area contributed by atoms with E-state index in [2.05, 4.69) is 5.32 Å². The molecule has 1 unspecified atom stereocenters. The number of halogens is 1. The third kappa shape index (κ3) is 4.87. The van der Waals surface area contributed by atoms with Gasteiger partial charge in [0.15, 0.2) is 0 Å². The second-order valence-electron chi connectivity index (χ2n) is 4.32. The van der Waals surface area contributed by atoms with Crippen LogP contribution in [-0.4, -0.2) is 27.5 Å². The Morgan fingerprint density at radius 2 is 2.15 bits per heavy atom. The van der Waals surface area contributed by atoms with E-state index < -0.39 is 21.7 Å².